The van der Waals surface area contributed by atoms with Gasteiger partial charge >= 0.3 is 0 Å². The summed E-state index contributed by atoms with van der Waals surface area (Å²) in [6.45, 7) is 5.78. The Kier molecular flexibility index (Phi) is 7.72. The number of sulfonamides is 1. The molecule has 1 amide bonds. The van der Waals surface area contributed by atoms with E-state index in [0.29, 0.717) is 5.92 Å². The van der Waals surface area contributed by atoms with E-state index in [2.05, 4.69) is 12.2 Å². The summed E-state index contributed by atoms with van der Waals surface area (Å²) in [5.74, 6) is 0.198. The molecule has 1 saturated carbocycles. The van der Waals surface area contributed by atoms with E-state index in [-0.39, 0.29) is 33.5 Å². The van der Waals surface area contributed by atoms with Crippen LogP contribution in [-0.4, -0.2) is 37.8 Å². The van der Waals surface area contributed by atoms with E-state index in [4.69, 9.17) is 11.6 Å². The number of rotatable bonds is 8. The minimum atomic E-state index is -3.67. The zero-order chi connectivity index (χ0) is 20.2. The zero-order valence-corrected chi connectivity index (χ0v) is 18.2. The lowest BCUT2D eigenvalue weighted by molar-refractivity contribution is 0.0926. The first kappa shape index (κ1) is 22.2. The predicted molar refractivity (Wildman–Crippen MR) is 110 cm³/mol. The molecule has 27 heavy (non-hydrogen) atoms. The third-order valence-electron chi connectivity index (χ3n) is 5.49. The van der Waals surface area contributed by atoms with E-state index in [0.717, 1.165) is 38.5 Å². The fraction of sp³-hybridized carbons (Fsp3) is 0.650. The smallest absolute Gasteiger partial charge is 0.253 e. The lowest BCUT2D eigenvalue weighted by Crippen LogP contribution is -2.37. The second-order valence-corrected chi connectivity index (χ2v) is 10.1. The first-order valence-electron chi connectivity index (χ1n) is 9.77. The van der Waals surface area contributed by atoms with Crippen molar-refractivity contribution in [3.8, 4) is 0 Å². The van der Waals surface area contributed by atoms with Crippen LogP contribution < -0.4 is 5.32 Å². The van der Waals surface area contributed by atoms with Gasteiger partial charge in [-0.15, -0.1) is 0 Å². The number of unbranched alkanes of at least 4 members (excludes halogenated alkanes) is 1. The molecular formula is C20H31ClN2O3S. The molecule has 0 heterocycles. The molecule has 2 atom stereocenters. The number of carbonyl (C=O) groups is 1. The number of halogens is 1. The molecule has 5 nitrogen and oxygen atoms in total. The molecule has 0 bridgehead atoms. The van der Waals surface area contributed by atoms with Crippen LogP contribution >= 0.6 is 11.6 Å². The number of nitrogens with zero attached hydrogens (tertiary/aromatic N) is 1. The molecule has 2 rings (SSSR count). The van der Waals surface area contributed by atoms with Gasteiger partial charge in [0, 0.05) is 19.1 Å². The van der Waals surface area contributed by atoms with Crippen molar-refractivity contribution in [2.75, 3.05) is 7.05 Å². The minimum absolute atomic E-state index is 0.0854. The summed E-state index contributed by atoms with van der Waals surface area (Å²) in [4.78, 5) is 12.9. The highest BCUT2D eigenvalue weighted by atomic mass is 35.5. The number of hydrogen-bond donors (Lipinski definition) is 1. The SMILES string of the molecule is CCCCC1CCCC1NC(=O)c1cc(S(=O)(=O)N(C)C(C)C)ccc1Cl. The Labute approximate surface area is 168 Å². The molecule has 0 saturated heterocycles. The van der Waals surface area contributed by atoms with Crippen LogP contribution in [0.25, 0.3) is 0 Å². The Balaban J connectivity index is 2.22. The van der Waals surface area contributed by atoms with Gasteiger partial charge in [-0.3, -0.25) is 4.79 Å². The normalized spacial score (nSPS) is 20.4. The van der Waals surface area contributed by atoms with Crippen LogP contribution in [0.2, 0.25) is 5.02 Å². The van der Waals surface area contributed by atoms with Crippen LogP contribution in [0.5, 0.6) is 0 Å². The van der Waals surface area contributed by atoms with E-state index in [1.807, 2.05) is 0 Å². The van der Waals surface area contributed by atoms with Crippen molar-refractivity contribution in [3.05, 3.63) is 28.8 Å². The summed E-state index contributed by atoms with van der Waals surface area (Å²) in [6.07, 6.45) is 6.63. The number of carbonyl (C=O) groups excluding carboxylic acids is 1. The van der Waals surface area contributed by atoms with Crippen LogP contribution in [0.1, 0.15) is 69.7 Å². The van der Waals surface area contributed by atoms with E-state index in [9.17, 15) is 13.2 Å². The van der Waals surface area contributed by atoms with Crippen LogP contribution in [0, 0.1) is 5.92 Å². The summed E-state index contributed by atoms with van der Waals surface area (Å²) in [7, 11) is -2.13. The van der Waals surface area contributed by atoms with Crippen molar-refractivity contribution in [2.45, 2.75) is 76.3 Å². The number of benzene rings is 1. The molecule has 1 aromatic carbocycles. The van der Waals surface area contributed by atoms with Crippen LogP contribution in [-0.2, 0) is 10.0 Å². The molecule has 1 N–H and O–H groups in total. The Morgan fingerprint density at radius 2 is 2.04 bits per heavy atom. The summed E-state index contributed by atoms with van der Waals surface area (Å²) in [5, 5.41) is 3.36. The molecule has 152 valence electrons. The van der Waals surface area contributed by atoms with E-state index < -0.39 is 10.0 Å². The van der Waals surface area contributed by atoms with Gasteiger partial charge < -0.3 is 5.32 Å². The Morgan fingerprint density at radius 1 is 1.33 bits per heavy atom. The van der Waals surface area contributed by atoms with Crippen molar-refractivity contribution in [3.63, 3.8) is 0 Å². The van der Waals surface area contributed by atoms with Crippen molar-refractivity contribution in [1.29, 1.82) is 0 Å². The molecule has 1 aliphatic rings. The summed E-state index contributed by atoms with van der Waals surface area (Å²) >= 11 is 6.22. The third-order valence-corrected chi connectivity index (χ3v) is 7.85. The molecule has 0 aromatic heterocycles. The molecule has 1 aliphatic carbocycles. The summed E-state index contributed by atoms with van der Waals surface area (Å²) in [5.41, 5.74) is 0.219. The maximum atomic E-state index is 12.8. The van der Waals surface area contributed by atoms with Gasteiger partial charge in [-0.2, -0.15) is 4.31 Å². The van der Waals surface area contributed by atoms with Crippen LogP contribution in [0.3, 0.4) is 0 Å². The first-order chi connectivity index (χ1) is 12.7. The molecule has 7 heteroatoms. The molecule has 0 spiro atoms. The maximum Gasteiger partial charge on any atom is 0.253 e. The highest BCUT2D eigenvalue weighted by molar-refractivity contribution is 7.89. The average Bonchev–Trinajstić information content (AvgIpc) is 3.06. The first-order valence-corrected chi connectivity index (χ1v) is 11.6. The number of amides is 1. The molecular weight excluding hydrogens is 384 g/mol. The fourth-order valence-electron chi connectivity index (χ4n) is 3.57. The van der Waals surface area contributed by atoms with Crippen molar-refractivity contribution in [1.82, 2.24) is 9.62 Å². The topological polar surface area (TPSA) is 66.5 Å². The molecule has 1 fully saturated rings. The largest absolute Gasteiger partial charge is 0.349 e. The lowest BCUT2D eigenvalue weighted by atomic mass is 9.96. The van der Waals surface area contributed by atoms with Gasteiger partial charge in [-0.05, 0) is 57.2 Å². The van der Waals surface area contributed by atoms with Gasteiger partial charge in [0.15, 0.2) is 0 Å². The standard InChI is InChI=1S/C20H31ClN2O3S/c1-5-6-8-15-9-7-10-19(15)22-20(24)17-13-16(11-12-18(17)21)27(25,26)23(4)14(2)3/h11-15,19H,5-10H2,1-4H3,(H,22,24). The van der Waals surface area contributed by atoms with Gasteiger partial charge in [-0.1, -0.05) is 37.8 Å². The van der Waals surface area contributed by atoms with Gasteiger partial charge in [0.1, 0.15) is 0 Å². The summed E-state index contributed by atoms with van der Waals surface area (Å²) in [6, 6.07) is 4.29. The second kappa shape index (κ2) is 9.39. The molecule has 1 aromatic rings. The molecule has 0 radical (unpaired) electrons. The molecule has 0 aliphatic heterocycles. The highest BCUT2D eigenvalue weighted by Gasteiger charge is 2.30. The predicted octanol–water partition coefficient (Wildman–Crippen LogP) is 4.46. The van der Waals surface area contributed by atoms with Crippen LogP contribution in [0.15, 0.2) is 23.1 Å². The second-order valence-electron chi connectivity index (χ2n) is 7.67. The van der Waals surface area contributed by atoms with Crippen molar-refractivity contribution < 1.29 is 13.2 Å². The zero-order valence-electron chi connectivity index (χ0n) is 16.7. The van der Waals surface area contributed by atoms with E-state index in [1.165, 1.54) is 29.6 Å². The third kappa shape index (κ3) is 5.24. The van der Waals surface area contributed by atoms with Gasteiger partial charge in [0.25, 0.3) is 5.91 Å². The van der Waals surface area contributed by atoms with E-state index in [1.54, 1.807) is 13.8 Å². The van der Waals surface area contributed by atoms with Gasteiger partial charge in [-0.25, -0.2) is 8.42 Å². The average molecular weight is 415 g/mol. The molecule has 2 unspecified atom stereocenters. The minimum Gasteiger partial charge on any atom is -0.349 e. The van der Waals surface area contributed by atoms with Gasteiger partial charge in [0.2, 0.25) is 10.0 Å². The van der Waals surface area contributed by atoms with E-state index >= 15 is 0 Å². The number of hydrogen-bond acceptors (Lipinski definition) is 3. The Hall–Kier alpha value is -1.11. The van der Waals surface area contributed by atoms with Crippen molar-refractivity contribution in [2.24, 2.45) is 5.92 Å². The summed E-state index contributed by atoms with van der Waals surface area (Å²) < 4.78 is 26.7. The quantitative estimate of drug-likeness (QED) is 0.682. The van der Waals surface area contributed by atoms with Crippen molar-refractivity contribution >= 4 is 27.5 Å². The lowest BCUT2D eigenvalue weighted by Gasteiger charge is -2.23. The Morgan fingerprint density at radius 3 is 2.67 bits per heavy atom. The van der Waals surface area contributed by atoms with Crippen LogP contribution in [0.4, 0.5) is 0 Å². The highest BCUT2D eigenvalue weighted by Crippen LogP contribution is 2.31. The van der Waals surface area contributed by atoms with Gasteiger partial charge in [0.05, 0.1) is 15.5 Å². The number of nitrogens with one attached hydrogen (secondary N) is 1. The fourth-order valence-corrected chi connectivity index (χ4v) is 5.17. The maximum absolute atomic E-state index is 12.8. The monoisotopic (exact) mass is 414 g/mol. The Bertz CT molecular complexity index is 764.